The number of nitrogens with one attached hydrogen (secondary N) is 1. The summed E-state index contributed by atoms with van der Waals surface area (Å²) in [6, 6.07) is 0. The third-order valence-corrected chi connectivity index (χ3v) is 1.14. The first-order valence-corrected chi connectivity index (χ1v) is 3.44. The van der Waals surface area contributed by atoms with Crippen LogP contribution in [0.1, 0.15) is 6.92 Å². The van der Waals surface area contributed by atoms with Gasteiger partial charge in [-0.3, -0.25) is 4.79 Å². The molecule has 6 heteroatoms. The van der Waals surface area contributed by atoms with Crippen LogP contribution < -0.4 is 0 Å². The van der Waals surface area contributed by atoms with Crippen LogP contribution in [-0.4, -0.2) is 18.4 Å². The van der Waals surface area contributed by atoms with Crippen LogP contribution >= 0.6 is 0 Å². The second kappa shape index (κ2) is 4.59. The summed E-state index contributed by atoms with van der Waals surface area (Å²) in [6.07, 6.45) is -3.50. The van der Waals surface area contributed by atoms with Crippen LogP contribution in [0.5, 0.6) is 0 Å². The lowest BCUT2D eigenvalue weighted by Crippen LogP contribution is -2.12. The molecule has 1 N–H and O–H groups in total. The van der Waals surface area contributed by atoms with Crippen molar-refractivity contribution in [3.63, 3.8) is 0 Å². The van der Waals surface area contributed by atoms with Crippen molar-refractivity contribution >= 4 is 12.0 Å². The molecule has 0 rings (SSSR count). The molecule has 0 fully saturated rings. The predicted molar refractivity (Wildman–Crippen MR) is 43.8 cm³/mol. The zero-order chi connectivity index (χ0) is 11.4. The average Bonchev–Trinajstić information content (AvgIpc) is 1.99. The van der Waals surface area contributed by atoms with Gasteiger partial charge in [0.1, 0.15) is 5.76 Å². The molecule has 78 valence electrons. The number of ketones is 1. The molecular weight excluding hydrogens is 199 g/mol. The summed E-state index contributed by atoms with van der Waals surface area (Å²) in [5, 5.41) is 6.56. The van der Waals surface area contributed by atoms with E-state index in [2.05, 4.69) is 11.3 Å². The Kier molecular flexibility index (Phi) is 4.07. The quantitative estimate of drug-likeness (QED) is 0.332. The van der Waals surface area contributed by atoms with Gasteiger partial charge in [-0.1, -0.05) is 6.58 Å². The molecule has 0 spiro atoms. The number of Topliss-reactive ketones (excluding diaryl/α,β-unsaturated/α-hetero) is 1. The molecule has 0 aromatic heterocycles. The maximum atomic E-state index is 11.6. The van der Waals surface area contributed by atoms with E-state index in [1.807, 2.05) is 0 Å². The zero-order valence-electron chi connectivity index (χ0n) is 7.31. The maximum Gasteiger partial charge on any atom is 0.573 e. The number of hydrogen-bond acceptors (Lipinski definition) is 3. The number of rotatable bonds is 4. The summed E-state index contributed by atoms with van der Waals surface area (Å²) < 4.78 is 38.2. The molecule has 0 heterocycles. The highest BCUT2D eigenvalue weighted by Gasteiger charge is 2.31. The van der Waals surface area contributed by atoms with Crippen molar-refractivity contribution in [2.45, 2.75) is 13.3 Å². The minimum absolute atomic E-state index is 0.0470. The monoisotopic (exact) mass is 207 g/mol. The third-order valence-electron chi connectivity index (χ3n) is 1.14. The highest BCUT2D eigenvalue weighted by atomic mass is 19.4. The van der Waals surface area contributed by atoms with Gasteiger partial charge in [-0.2, -0.15) is 0 Å². The van der Waals surface area contributed by atoms with Crippen molar-refractivity contribution in [1.82, 2.24) is 0 Å². The van der Waals surface area contributed by atoms with Gasteiger partial charge >= 0.3 is 6.36 Å². The van der Waals surface area contributed by atoms with E-state index in [9.17, 15) is 18.0 Å². The van der Waals surface area contributed by atoms with E-state index in [0.29, 0.717) is 6.21 Å². The fraction of sp³-hybridized carbons (Fsp3) is 0.250. The molecule has 3 nitrogen and oxygen atoms in total. The first-order chi connectivity index (χ1) is 6.26. The van der Waals surface area contributed by atoms with Crippen LogP contribution in [0.2, 0.25) is 0 Å². The van der Waals surface area contributed by atoms with Crippen molar-refractivity contribution in [2.24, 2.45) is 0 Å². The number of allylic oxidation sites excluding steroid dienone is 2. The van der Waals surface area contributed by atoms with Crippen molar-refractivity contribution < 1.29 is 22.7 Å². The Morgan fingerprint density at radius 3 is 2.36 bits per heavy atom. The van der Waals surface area contributed by atoms with Crippen LogP contribution in [0.4, 0.5) is 13.2 Å². The molecule has 0 saturated heterocycles. The molecule has 0 aliphatic heterocycles. The summed E-state index contributed by atoms with van der Waals surface area (Å²) in [5.41, 5.74) is -0.0470. The van der Waals surface area contributed by atoms with E-state index >= 15 is 0 Å². The van der Waals surface area contributed by atoms with Gasteiger partial charge in [-0.25, -0.2) is 0 Å². The Labute approximate surface area is 78.4 Å². The highest BCUT2D eigenvalue weighted by molar-refractivity contribution is 6.33. The summed E-state index contributed by atoms with van der Waals surface area (Å²) >= 11 is 0. The van der Waals surface area contributed by atoms with Gasteiger partial charge in [0, 0.05) is 5.57 Å². The zero-order valence-corrected chi connectivity index (χ0v) is 7.31. The molecule has 0 aromatic rings. The molecule has 0 unspecified atom stereocenters. The molecule has 14 heavy (non-hydrogen) atoms. The second-order valence-electron chi connectivity index (χ2n) is 2.35. The lowest BCUT2D eigenvalue weighted by molar-refractivity contribution is -0.303. The Morgan fingerprint density at radius 2 is 2.00 bits per heavy atom. The number of halogens is 3. The molecule has 0 aliphatic rings. The van der Waals surface area contributed by atoms with Gasteiger partial charge in [0.15, 0.2) is 5.78 Å². The molecular formula is C8H8F3NO2. The van der Waals surface area contributed by atoms with E-state index < -0.39 is 17.9 Å². The molecule has 0 atom stereocenters. The molecule has 0 saturated carbocycles. The number of carbonyl (C=O) groups excluding carboxylic acids is 1. The van der Waals surface area contributed by atoms with Crippen molar-refractivity contribution in [3.8, 4) is 0 Å². The summed E-state index contributed by atoms with van der Waals surface area (Å²) in [7, 11) is 0. The third kappa shape index (κ3) is 5.13. The number of hydrogen-bond donors (Lipinski definition) is 1. The van der Waals surface area contributed by atoms with E-state index in [1.54, 1.807) is 0 Å². The second-order valence-corrected chi connectivity index (χ2v) is 2.35. The largest absolute Gasteiger partial charge is 0.573 e. The summed E-state index contributed by atoms with van der Waals surface area (Å²) in [4.78, 5) is 10.7. The van der Waals surface area contributed by atoms with E-state index in [1.165, 1.54) is 6.92 Å². The fourth-order valence-electron chi connectivity index (χ4n) is 0.605. The van der Waals surface area contributed by atoms with E-state index in [4.69, 9.17) is 5.41 Å². The van der Waals surface area contributed by atoms with Crippen LogP contribution in [0, 0.1) is 5.41 Å². The Bertz CT molecular complexity index is 291. The first-order valence-electron chi connectivity index (χ1n) is 3.44. The molecule has 0 bridgehead atoms. The standard InChI is InChI=1S/C8H8F3NO2/c1-5(7(13)4-12)3-6(2)14-8(9,10)11/h3-4,12H,2H2,1H3. The topological polar surface area (TPSA) is 50.2 Å². The molecule has 0 amide bonds. The van der Waals surface area contributed by atoms with E-state index in [0.717, 1.165) is 6.08 Å². The smallest absolute Gasteiger partial charge is 0.406 e. The van der Waals surface area contributed by atoms with E-state index in [-0.39, 0.29) is 5.57 Å². The van der Waals surface area contributed by atoms with Crippen LogP contribution in [-0.2, 0) is 9.53 Å². The Morgan fingerprint density at radius 1 is 1.50 bits per heavy atom. The average molecular weight is 207 g/mol. The molecule has 0 radical (unpaired) electrons. The number of carbonyl (C=O) groups is 1. The molecule has 0 aliphatic carbocycles. The van der Waals surface area contributed by atoms with Crippen molar-refractivity contribution in [1.29, 1.82) is 5.41 Å². The summed E-state index contributed by atoms with van der Waals surface area (Å²) in [6.45, 7) is 4.21. The van der Waals surface area contributed by atoms with Gasteiger partial charge < -0.3 is 10.1 Å². The number of alkyl halides is 3. The van der Waals surface area contributed by atoms with Crippen molar-refractivity contribution in [3.05, 3.63) is 24.0 Å². The predicted octanol–water partition coefficient (Wildman–Crippen LogP) is 2.20. The van der Waals surface area contributed by atoms with Crippen LogP contribution in [0.3, 0.4) is 0 Å². The van der Waals surface area contributed by atoms with Crippen LogP contribution in [0.15, 0.2) is 24.0 Å². The minimum atomic E-state index is -4.82. The summed E-state index contributed by atoms with van der Waals surface area (Å²) in [5.74, 6) is -1.39. The lowest BCUT2D eigenvalue weighted by atomic mass is 10.2. The maximum absolute atomic E-state index is 11.6. The van der Waals surface area contributed by atoms with Gasteiger partial charge in [-0.05, 0) is 13.0 Å². The fourth-order valence-corrected chi connectivity index (χ4v) is 0.605. The van der Waals surface area contributed by atoms with Gasteiger partial charge in [0.25, 0.3) is 0 Å². The van der Waals surface area contributed by atoms with Gasteiger partial charge in [0.05, 0.1) is 6.21 Å². The Balaban J connectivity index is 4.45. The van der Waals surface area contributed by atoms with Gasteiger partial charge in [0.2, 0.25) is 0 Å². The van der Waals surface area contributed by atoms with Crippen molar-refractivity contribution in [2.75, 3.05) is 0 Å². The van der Waals surface area contributed by atoms with Gasteiger partial charge in [-0.15, -0.1) is 13.2 Å². The normalized spacial score (nSPS) is 12.1. The minimum Gasteiger partial charge on any atom is -0.406 e. The first kappa shape index (κ1) is 12.4. The SMILES string of the molecule is C=C(C=C(C)C(=O)C=N)OC(F)(F)F. The van der Waals surface area contributed by atoms with Crippen LogP contribution in [0.25, 0.3) is 0 Å². The number of ether oxygens (including phenoxy) is 1. The highest BCUT2D eigenvalue weighted by Crippen LogP contribution is 2.20. The molecule has 0 aromatic carbocycles. The Hall–Kier alpha value is -1.59. The lowest BCUT2D eigenvalue weighted by Gasteiger charge is -2.08.